The second kappa shape index (κ2) is 7.64. The number of fused-ring (bicyclic) bond motifs is 2. The average molecular weight is 414 g/mol. The Morgan fingerprint density at radius 2 is 1.94 bits per heavy atom. The first kappa shape index (κ1) is 18.9. The number of pyridine rings is 1. The Morgan fingerprint density at radius 3 is 2.74 bits per heavy atom. The van der Waals surface area contributed by atoms with Gasteiger partial charge in [0.2, 0.25) is 0 Å². The summed E-state index contributed by atoms with van der Waals surface area (Å²) in [7, 11) is 0. The van der Waals surface area contributed by atoms with E-state index in [9.17, 15) is 9.18 Å². The molecule has 0 aliphatic rings. The van der Waals surface area contributed by atoms with Gasteiger partial charge in [0.1, 0.15) is 17.7 Å². The van der Waals surface area contributed by atoms with Crippen LogP contribution >= 0.6 is 0 Å². The first-order valence-corrected chi connectivity index (χ1v) is 9.97. The van der Waals surface area contributed by atoms with Crippen molar-refractivity contribution in [2.45, 2.75) is 19.4 Å². The van der Waals surface area contributed by atoms with Crippen LogP contribution in [0.15, 0.2) is 72.0 Å². The van der Waals surface area contributed by atoms with Crippen molar-refractivity contribution in [1.82, 2.24) is 24.5 Å². The minimum absolute atomic E-state index is 0.0710. The first-order valence-electron chi connectivity index (χ1n) is 9.97. The molecule has 0 aliphatic carbocycles. The Hall–Kier alpha value is -4.07. The summed E-state index contributed by atoms with van der Waals surface area (Å²) in [5.41, 5.74) is 2.21. The predicted octanol–water partition coefficient (Wildman–Crippen LogP) is 4.36. The summed E-state index contributed by atoms with van der Waals surface area (Å²) in [6.07, 6.45) is 3.67. The van der Waals surface area contributed by atoms with Crippen molar-refractivity contribution in [3.8, 4) is 5.69 Å². The third kappa shape index (κ3) is 3.22. The van der Waals surface area contributed by atoms with E-state index in [1.54, 1.807) is 23.0 Å². The van der Waals surface area contributed by atoms with Crippen LogP contribution < -0.4 is 10.9 Å². The number of H-pyrrole nitrogens is 1. The number of imidazole rings is 1. The highest BCUT2D eigenvalue weighted by atomic mass is 19.1. The largest absolute Gasteiger partial charge is 0.360 e. The van der Waals surface area contributed by atoms with Gasteiger partial charge in [0.25, 0.3) is 5.56 Å². The van der Waals surface area contributed by atoms with Gasteiger partial charge in [-0.2, -0.15) is 0 Å². The molecule has 0 saturated carbocycles. The third-order valence-corrected chi connectivity index (χ3v) is 5.33. The molecule has 3 aromatic heterocycles. The number of para-hydroxylation sites is 1. The van der Waals surface area contributed by atoms with Gasteiger partial charge in [-0.3, -0.25) is 9.36 Å². The van der Waals surface area contributed by atoms with E-state index in [0.717, 1.165) is 0 Å². The summed E-state index contributed by atoms with van der Waals surface area (Å²) in [5.74, 6) is 0.0262. The maximum Gasteiger partial charge on any atom is 0.266 e. The lowest BCUT2D eigenvalue weighted by Crippen LogP contribution is -2.27. The van der Waals surface area contributed by atoms with Crippen LogP contribution in [-0.2, 0) is 0 Å². The molecular formula is C23H19FN6O. The maximum absolute atomic E-state index is 14.6. The van der Waals surface area contributed by atoms with Gasteiger partial charge in [-0.1, -0.05) is 37.3 Å². The first-order chi connectivity index (χ1) is 15.2. The average Bonchev–Trinajstić information content (AvgIpc) is 3.27. The monoisotopic (exact) mass is 414 g/mol. The molecular weight excluding hydrogens is 395 g/mol. The van der Waals surface area contributed by atoms with Gasteiger partial charge in [0.05, 0.1) is 17.8 Å². The lowest BCUT2D eigenvalue weighted by Gasteiger charge is -2.23. The van der Waals surface area contributed by atoms with E-state index in [1.165, 1.54) is 12.4 Å². The number of benzene rings is 2. The molecule has 0 aliphatic heterocycles. The quantitative estimate of drug-likeness (QED) is 0.446. The van der Waals surface area contributed by atoms with Gasteiger partial charge in [-0.05, 0) is 36.1 Å². The number of hydrogen-bond acceptors (Lipinski definition) is 5. The Kier molecular flexibility index (Phi) is 4.66. The molecule has 1 atom stereocenters. The molecule has 2 aromatic carbocycles. The highest BCUT2D eigenvalue weighted by Gasteiger charge is 2.21. The fourth-order valence-electron chi connectivity index (χ4n) is 3.86. The molecule has 5 rings (SSSR count). The Morgan fingerprint density at radius 1 is 1.10 bits per heavy atom. The highest BCUT2D eigenvalue weighted by molar-refractivity contribution is 5.84. The SMILES string of the molecule is CC[C@H](Nc1ncnc2[nH]cnc12)c1cc2cccc(F)c2c(=O)n1-c1ccccc1. The van der Waals surface area contributed by atoms with Crippen LogP contribution in [-0.4, -0.2) is 24.5 Å². The zero-order chi connectivity index (χ0) is 21.4. The van der Waals surface area contributed by atoms with E-state index >= 15 is 0 Å². The fraction of sp³-hybridized carbons (Fsp3) is 0.130. The molecule has 154 valence electrons. The number of rotatable bonds is 5. The number of aromatic nitrogens is 5. The molecule has 5 aromatic rings. The minimum Gasteiger partial charge on any atom is -0.360 e. The van der Waals surface area contributed by atoms with E-state index in [-0.39, 0.29) is 11.4 Å². The molecule has 7 nitrogen and oxygen atoms in total. The fourth-order valence-corrected chi connectivity index (χ4v) is 3.86. The van der Waals surface area contributed by atoms with Crippen LogP contribution in [0.5, 0.6) is 0 Å². The number of nitrogens with zero attached hydrogens (tertiary/aromatic N) is 4. The van der Waals surface area contributed by atoms with E-state index in [1.807, 2.05) is 43.3 Å². The molecule has 3 heterocycles. The zero-order valence-corrected chi connectivity index (χ0v) is 16.7. The van der Waals surface area contributed by atoms with Gasteiger partial charge < -0.3 is 10.3 Å². The highest BCUT2D eigenvalue weighted by Crippen LogP contribution is 2.28. The molecule has 0 bridgehead atoms. The molecule has 0 fully saturated rings. The van der Waals surface area contributed by atoms with Gasteiger partial charge >= 0.3 is 0 Å². The molecule has 31 heavy (non-hydrogen) atoms. The summed E-state index contributed by atoms with van der Waals surface area (Å²) >= 11 is 0. The van der Waals surface area contributed by atoms with Crippen molar-refractivity contribution in [2.75, 3.05) is 5.32 Å². The predicted molar refractivity (Wildman–Crippen MR) is 118 cm³/mol. The van der Waals surface area contributed by atoms with Crippen LogP contribution in [0.1, 0.15) is 25.1 Å². The third-order valence-electron chi connectivity index (χ3n) is 5.33. The molecule has 0 saturated heterocycles. The van der Waals surface area contributed by atoms with Crippen LogP contribution in [0.25, 0.3) is 27.6 Å². The number of anilines is 1. The van der Waals surface area contributed by atoms with Crippen molar-refractivity contribution in [2.24, 2.45) is 0 Å². The minimum atomic E-state index is -0.534. The van der Waals surface area contributed by atoms with Crippen molar-refractivity contribution in [3.63, 3.8) is 0 Å². The number of aromatic amines is 1. The van der Waals surface area contributed by atoms with Crippen molar-refractivity contribution in [3.05, 3.63) is 89.1 Å². The summed E-state index contributed by atoms with van der Waals surface area (Å²) in [5, 5.41) is 4.03. The lowest BCUT2D eigenvalue weighted by atomic mass is 10.0. The van der Waals surface area contributed by atoms with Crippen LogP contribution in [0, 0.1) is 5.82 Å². The molecule has 0 amide bonds. The second-order valence-corrected chi connectivity index (χ2v) is 7.18. The molecule has 0 spiro atoms. The van der Waals surface area contributed by atoms with Gasteiger partial charge in [0.15, 0.2) is 11.5 Å². The van der Waals surface area contributed by atoms with E-state index < -0.39 is 11.4 Å². The lowest BCUT2D eigenvalue weighted by molar-refractivity contribution is 0.635. The number of halogens is 1. The zero-order valence-electron chi connectivity index (χ0n) is 16.7. The maximum atomic E-state index is 14.6. The van der Waals surface area contributed by atoms with Crippen molar-refractivity contribution in [1.29, 1.82) is 0 Å². The van der Waals surface area contributed by atoms with E-state index in [2.05, 4.69) is 25.3 Å². The summed E-state index contributed by atoms with van der Waals surface area (Å²) in [6, 6.07) is 15.5. The van der Waals surface area contributed by atoms with Crippen molar-refractivity contribution >= 4 is 27.8 Å². The molecule has 2 N–H and O–H groups in total. The van der Waals surface area contributed by atoms with Crippen LogP contribution in [0.4, 0.5) is 10.2 Å². The van der Waals surface area contributed by atoms with Crippen LogP contribution in [0.3, 0.4) is 0 Å². The molecule has 0 radical (unpaired) electrons. The topological polar surface area (TPSA) is 88.5 Å². The van der Waals surface area contributed by atoms with E-state index in [0.29, 0.717) is 40.2 Å². The van der Waals surface area contributed by atoms with E-state index in [4.69, 9.17) is 0 Å². The van der Waals surface area contributed by atoms with Crippen LogP contribution in [0.2, 0.25) is 0 Å². The smallest absolute Gasteiger partial charge is 0.266 e. The summed E-state index contributed by atoms with van der Waals surface area (Å²) in [4.78, 5) is 29.2. The normalized spacial score (nSPS) is 12.3. The standard InChI is InChI=1S/C23H19FN6O/c1-2-17(29-22-20-21(26-12-25-20)27-13-28-22)18-11-14-7-6-10-16(24)19(14)23(31)30(18)15-8-4-3-5-9-15/h3-13,17H,2H2,1H3,(H2,25,26,27,28,29)/t17-/m0/s1. The summed E-state index contributed by atoms with van der Waals surface area (Å²) in [6.45, 7) is 2.01. The number of hydrogen-bond donors (Lipinski definition) is 2. The summed E-state index contributed by atoms with van der Waals surface area (Å²) < 4.78 is 16.2. The second-order valence-electron chi connectivity index (χ2n) is 7.18. The Bertz CT molecular complexity index is 1440. The molecule has 8 heteroatoms. The van der Waals surface area contributed by atoms with Gasteiger partial charge in [-0.15, -0.1) is 0 Å². The molecule has 0 unspecified atom stereocenters. The van der Waals surface area contributed by atoms with Gasteiger partial charge in [0, 0.05) is 11.4 Å². The Labute approximate surface area is 176 Å². The van der Waals surface area contributed by atoms with Crippen molar-refractivity contribution < 1.29 is 4.39 Å². The Balaban J connectivity index is 1.74. The van der Waals surface area contributed by atoms with Gasteiger partial charge in [-0.25, -0.2) is 19.3 Å². The number of nitrogens with one attached hydrogen (secondary N) is 2.